The van der Waals surface area contributed by atoms with E-state index in [0.29, 0.717) is 51.2 Å². The molecule has 9 nitrogen and oxygen atoms in total. The molecule has 1 aliphatic heterocycles. The van der Waals surface area contributed by atoms with Crippen LogP contribution in [0.4, 0.5) is 20.5 Å². The van der Waals surface area contributed by atoms with Crippen molar-refractivity contribution in [2.45, 2.75) is 77.0 Å². The number of nitrogens with zero attached hydrogens (tertiary/aromatic N) is 2. The van der Waals surface area contributed by atoms with E-state index in [9.17, 15) is 19.1 Å². The van der Waals surface area contributed by atoms with Gasteiger partial charge in [-0.25, -0.2) is 8.78 Å². The Bertz CT molecular complexity index is 1420. The Morgan fingerprint density at radius 3 is 2.52 bits per heavy atom. The first-order chi connectivity index (χ1) is 20.2. The van der Waals surface area contributed by atoms with Crippen molar-refractivity contribution >= 4 is 34.7 Å². The first-order valence-corrected chi connectivity index (χ1v) is 14.6. The third-order valence-corrected chi connectivity index (χ3v) is 8.33. The highest BCUT2D eigenvalue weighted by Gasteiger charge is 2.38. The Kier molecular flexibility index (Phi) is 9.37. The number of oxazole rings is 1. The highest BCUT2D eigenvalue weighted by atomic mass is 19.1. The molecule has 11 heteroatoms. The lowest BCUT2D eigenvalue weighted by atomic mass is 9.87. The van der Waals surface area contributed by atoms with Crippen LogP contribution in [-0.4, -0.2) is 64.9 Å². The Hall–Kier alpha value is -3.57. The summed E-state index contributed by atoms with van der Waals surface area (Å²) in [5.74, 6) is -2.40. The Balaban J connectivity index is 1.28. The summed E-state index contributed by atoms with van der Waals surface area (Å²) in [5.41, 5.74) is 1.60. The number of carboxylic acid groups (broad SMARTS) is 1. The van der Waals surface area contributed by atoms with E-state index in [1.807, 2.05) is 6.92 Å². The van der Waals surface area contributed by atoms with Gasteiger partial charge in [0.25, 0.3) is 6.01 Å². The number of fused-ring (bicyclic) bond motifs is 1. The van der Waals surface area contributed by atoms with Crippen molar-refractivity contribution in [1.82, 2.24) is 9.88 Å². The topological polar surface area (TPSA) is 114 Å². The maximum atomic E-state index is 15.6. The molecular formula is C31H37F2N3O6. The van der Waals surface area contributed by atoms with E-state index >= 15 is 4.39 Å². The first-order valence-electron chi connectivity index (χ1n) is 14.6. The number of hydrogen-bond donors (Lipinski definition) is 2. The van der Waals surface area contributed by atoms with Gasteiger partial charge in [-0.05, 0) is 76.1 Å². The Labute approximate surface area is 243 Å². The van der Waals surface area contributed by atoms with Crippen molar-refractivity contribution in [3.63, 3.8) is 0 Å². The molecule has 5 rings (SSSR count). The van der Waals surface area contributed by atoms with Crippen LogP contribution in [0, 0.1) is 24.5 Å². The fourth-order valence-electron chi connectivity index (χ4n) is 5.96. The highest BCUT2D eigenvalue weighted by Crippen LogP contribution is 2.32. The van der Waals surface area contributed by atoms with Gasteiger partial charge in [0.15, 0.2) is 11.4 Å². The summed E-state index contributed by atoms with van der Waals surface area (Å²) in [4.78, 5) is 31.0. The van der Waals surface area contributed by atoms with Gasteiger partial charge < -0.3 is 29.2 Å². The number of aromatic nitrogens is 1. The number of carbonyl (C=O) groups is 2. The van der Waals surface area contributed by atoms with Gasteiger partial charge >= 0.3 is 5.97 Å². The molecule has 226 valence electrons. The predicted molar refractivity (Wildman–Crippen MR) is 152 cm³/mol. The zero-order valence-corrected chi connectivity index (χ0v) is 23.9. The van der Waals surface area contributed by atoms with Crippen LogP contribution in [0.15, 0.2) is 34.7 Å². The lowest BCUT2D eigenvalue weighted by Gasteiger charge is -2.32. The van der Waals surface area contributed by atoms with Gasteiger partial charge in [0.2, 0.25) is 5.91 Å². The second kappa shape index (κ2) is 13.2. The van der Waals surface area contributed by atoms with Crippen LogP contribution in [0.5, 0.6) is 0 Å². The highest BCUT2D eigenvalue weighted by molar-refractivity contribution is 5.83. The molecule has 2 aliphatic rings. The first kappa shape index (κ1) is 29.9. The molecule has 2 aromatic carbocycles. The number of aliphatic carboxylic acids is 1. The number of likely N-dealkylation sites (tertiary alicyclic amines) is 1. The molecule has 1 aromatic heterocycles. The van der Waals surface area contributed by atoms with Crippen molar-refractivity contribution in [2.24, 2.45) is 5.92 Å². The molecule has 1 aliphatic carbocycles. The van der Waals surface area contributed by atoms with Gasteiger partial charge in [0.1, 0.15) is 11.3 Å². The summed E-state index contributed by atoms with van der Waals surface area (Å²) in [6.45, 7) is 4.95. The van der Waals surface area contributed by atoms with Crippen LogP contribution >= 0.6 is 0 Å². The number of rotatable bonds is 11. The van der Waals surface area contributed by atoms with E-state index in [1.165, 1.54) is 18.2 Å². The SMILES string of the molecule is CCOC[C@@H]1CC[C@@H](COC2CCC(C(=O)O)CC2)N1C(=O)Cc1ccc2nc(Nc3cc(F)ccc3C)oc2c1F. The number of benzene rings is 2. The van der Waals surface area contributed by atoms with Crippen LogP contribution < -0.4 is 5.32 Å². The lowest BCUT2D eigenvalue weighted by Crippen LogP contribution is -2.46. The fourth-order valence-corrected chi connectivity index (χ4v) is 5.96. The van der Waals surface area contributed by atoms with E-state index in [1.54, 1.807) is 24.0 Å². The molecule has 2 fully saturated rings. The van der Waals surface area contributed by atoms with Crippen LogP contribution in [0.25, 0.3) is 11.1 Å². The summed E-state index contributed by atoms with van der Waals surface area (Å²) in [6.07, 6.45) is 3.82. The molecule has 2 N–H and O–H groups in total. The molecule has 42 heavy (non-hydrogen) atoms. The molecule has 0 bridgehead atoms. The number of nitrogens with one attached hydrogen (secondary N) is 1. The molecule has 1 saturated heterocycles. The minimum Gasteiger partial charge on any atom is -0.481 e. The third kappa shape index (κ3) is 6.73. The Morgan fingerprint density at radius 2 is 1.81 bits per heavy atom. The average molecular weight is 586 g/mol. The van der Waals surface area contributed by atoms with Crippen LogP contribution in [0.3, 0.4) is 0 Å². The summed E-state index contributed by atoms with van der Waals surface area (Å²) in [7, 11) is 0. The summed E-state index contributed by atoms with van der Waals surface area (Å²) in [5, 5.41) is 12.2. The van der Waals surface area contributed by atoms with Gasteiger partial charge in [0, 0.05) is 17.9 Å². The second-order valence-corrected chi connectivity index (χ2v) is 11.2. The molecule has 2 atom stereocenters. The average Bonchev–Trinajstić information content (AvgIpc) is 3.58. The molecule has 0 radical (unpaired) electrons. The van der Waals surface area contributed by atoms with Gasteiger partial charge in [-0.15, -0.1) is 0 Å². The fraction of sp³-hybridized carbons (Fsp3) is 0.516. The Morgan fingerprint density at radius 1 is 1.07 bits per heavy atom. The minimum absolute atomic E-state index is 0.0204. The van der Waals surface area contributed by atoms with E-state index < -0.39 is 17.6 Å². The third-order valence-electron chi connectivity index (χ3n) is 8.33. The molecular weight excluding hydrogens is 548 g/mol. The van der Waals surface area contributed by atoms with Gasteiger partial charge in [0.05, 0.1) is 43.7 Å². The van der Waals surface area contributed by atoms with E-state index in [0.717, 1.165) is 18.4 Å². The zero-order valence-electron chi connectivity index (χ0n) is 23.9. The number of ether oxygens (including phenoxy) is 2. The smallest absolute Gasteiger partial charge is 0.306 e. The maximum Gasteiger partial charge on any atom is 0.306 e. The number of carbonyl (C=O) groups excluding carboxylic acids is 1. The van der Waals surface area contributed by atoms with Crippen molar-refractivity contribution < 1.29 is 37.4 Å². The number of carboxylic acids is 1. The standard InChI is InChI=1S/C31H37F2N3O6/c1-3-40-16-22-9-10-23(17-41-24-11-5-19(6-12-24)30(38)39)36(22)27(37)14-20-7-13-25-29(28(20)33)42-31(34-25)35-26-15-21(32)8-4-18(26)2/h4,7-8,13,15,19,22-24H,3,5-6,9-12,14,16-17H2,1-2H3,(H,34,35)(H,38,39)/t19?,22-,23-,24?/m0/s1. The summed E-state index contributed by atoms with van der Waals surface area (Å²) in [6, 6.07) is 7.10. The number of anilines is 2. The van der Waals surface area contributed by atoms with E-state index in [2.05, 4.69) is 10.3 Å². The predicted octanol–water partition coefficient (Wildman–Crippen LogP) is 5.76. The van der Waals surface area contributed by atoms with E-state index in [4.69, 9.17) is 13.9 Å². The minimum atomic E-state index is -0.760. The van der Waals surface area contributed by atoms with Gasteiger partial charge in [-0.2, -0.15) is 4.98 Å². The zero-order chi connectivity index (χ0) is 29.8. The number of aryl methyl sites for hydroxylation is 1. The number of amides is 1. The molecule has 0 unspecified atom stereocenters. The van der Waals surface area contributed by atoms with Gasteiger partial charge in [-0.3, -0.25) is 9.59 Å². The summed E-state index contributed by atoms with van der Waals surface area (Å²) >= 11 is 0. The van der Waals surface area contributed by atoms with Crippen molar-refractivity contribution in [2.75, 3.05) is 25.1 Å². The van der Waals surface area contributed by atoms with Gasteiger partial charge in [-0.1, -0.05) is 12.1 Å². The molecule has 1 saturated carbocycles. The molecule has 0 spiro atoms. The molecule has 3 aromatic rings. The van der Waals surface area contributed by atoms with Crippen molar-refractivity contribution in [3.05, 3.63) is 53.1 Å². The maximum absolute atomic E-state index is 15.6. The largest absolute Gasteiger partial charge is 0.481 e. The normalized spacial score (nSPS) is 22.5. The number of hydrogen-bond acceptors (Lipinski definition) is 7. The lowest BCUT2D eigenvalue weighted by molar-refractivity contribution is -0.144. The summed E-state index contributed by atoms with van der Waals surface area (Å²) < 4.78 is 46.8. The van der Waals surface area contributed by atoms with Crippen LogP contribution in [-0.2, 0) is 25.5 Å². The monoisotopic (exact) mass is 585 g/mol. The molecule has 2 heterocycles. The number of halogens is 2. The van der Waals surface area contributed by atoms with Crippen LogP contribution in [0.1, 0.15) is 56.6 Å². The van der Waals surface area contributed by atoms with E-state index in [-0.39, 0.29) is 59.1 Å². The quantitative estimate of drug-likeness (QED) is 0.292. The second-order valence-electron chi connectivity index (χ2n) is 11.2. The molecule has 1 amide bonds. The van der Waals surface area contributed by atoms with Crippen molar-refractivity contribution in [1.29, 1.82) is 0 Å². The van der Waals surface area contributed by atoms with Crippen LogP contribution in [0.2, 0.25) is 0 Å². The van der Waals surface area contributed by atoms with Crippen molar-refractivity contribution in [3.8, 4) is 0 Å².